The zero-order valence-electron chi connectivity index (χ0n) is 11.1. The summed E-state index contributed by atoms with van der Waals surface area (Å²) in [5.41, 5.74) is 8.72. The Morgan fingerprint density at radius 2 is 1.84 bits per heavy atom. The lowest BCUT2D eigenvalue weighted by atomic mass is 10.0. The molecule has 0 unspecified atom stereocenters. The lowest BCUT2D eigenvalue weighted by molar-refractivity contribution is 1.01. The maximum absolute atomic E-state index is 5.93. The van der Waals surface area contributed by atoms with Crippen molar-refractivity contribution in [1.82, 2.24) is 9.97 Å². The van der Waals surface area contributed by atoms with Crippen molar-refractivity contribution >= 4 is 23.4 Å². The molecule has 0 fully saturated rings. The van der Waals surface area contributed by atoms with Crippen LogP contribution in [0, 0.1) is 0 Å². The minimum Gasteiger partial charge on any atom is -0.370 e. The van der Waals surface area contributed by atoms with Crippen LogP contribution in [0.2, 0.25) is 5.02 Å². The molecule has 2 aromatic rings. The molecule has 0 spiro atoms. The molecule has 0 aliphatic carbocycles. The van der Waals surface area contributed by atoms with Crippen LogP contribution in [0.25, 0.3) is 11.1 Å². The molecule has 19 heavy (non-hydrogen) atoms. The lowest BCUT2D eigenvalue weighted by Crippen LogP contribution is -2.08. The zero-order valence-corrected chi connectivity index (χ0v) is 11.8. The molecule has 0 radical (unpaired) electrons. The summed E-state index contributed by atoms with van der Waals surface area (Å²) in [5, 5.41) is 3.95. The molecule has 0 bridgehead atoms. The summed E-state index contributed by atoms with van der Waals surface area (Å²) in [6.45, 7) is 4.85. The first-order valence-corrected chi connectivity index (χ1v) is 6.69. The number of hydrogen-bond donors (Lipinski definition) is 2. The molecular weight excluding hydrogens is 260 g/mol. The molecule has 0 aliphatic rings. The van der Waals surface area contributed by atoms with Gasteiger partial charge in [-0.25, -0.2) is 4.98 Å². The maximum Gasteiger partial charge on any atom is 0.222 e. The summed E-state index contributed by atoms with van der Waals surface area (Å²) in [5.74, 6) is 1.07. The van der Waals surface area contributed by atoms with Gasteiger partial charge in [-0.3, -0.25) is 0 Å². The van der Waals surface area contributed by atoms with E-state index in [0.717, 1.165) is 35.6 Å². The van der Waals surface area contributed by atoms with E-state index in [2.05, 4.69) is 22.2 Å². The van der Waals surface area contributed by atoms with E-state index in [1.165, 1.54) is 0 Å². The number of aryl methyl sites for hydroxylation is 1. The third-order valence-corrected chi connectivity index (χ3v) is 3.07. The fourth-order valence-corrected chi connectivity index (χ4v) is 2.12. The smallest absolute Gasteiger partial charge is 0.222 e. The van der Waals surface area contributed by atoms with Gasteiger partial charge in [-0.2, -0.15) is 4.98 Å². The number of benzene rings is 1. The second-order valence-corrected chi connectivity index (χ2v) is 4.58. The highest BCUT2D eigenvalue weighted by atomic mass is 35.5. The highest BCUT2D eigenvalue weighted by Gasteiger charge is 2.13. The van der Waals surface area contributed by atoms with Gasteiger partial charge in [-0.05, 0) is 31.0 Å². The number of rotatable bonds is 4. The topological polar surface area (TPSA) is 63.8 Å². The standard InChI is InChI=1S/C14H17ClN4/c1-3-11-12(9-5-7-10(15)8-6-9)13(17-4-2)19-14(16)18-11/h5-8H,3-4H2,1-2H3,(H3,16,17,18,19). The SMILES string of the molecule is CCNc1nc(N)nc(CC)c1-c1ccc(Cl)cc1. The lowest BCUT2D eigenvalue weighted by Gasteiger charge is -2.14. The molecule has 0 saturated carbocycles. The first kappa shape index (κ1) is 13.6. The van der Waals surface area contributed by atoms with Gasteiger partial charge in [0, 0.05) is 17.1 Å². The maximum atomic E-state index is 5.93. The van der Waals surface area contributed by atoms with Crippen LogP contribution in [0.1, 0.15) is 19.5 Å². The van der Waals surface area contributed by atoms with Crippen molar-refractivity contribution in [2.24, 2.45) is 0 Å². The summed E-state index contributed by atoms with van der Waals surface area (Å²) < 4.78 is 0. The van der Waals surface area contributed by atoms with E-state index in [9.17, 15) is 0 Å². The number of nitrogens with two attached hydrogens (primary N) is 1. The van der Waals surface area contributed by atoms with Gasteiger partial charge in [0.2, 0.25) is 5.95 Å². The second kappa shape index (κ2) is 5.89. The average molecular weight is 277 g/mol. The Hall–Kier alpha value is -1.81. The number of hydrogen-bond acceptors (Lipinski definition) is 4. The first-order valence-electron chi connectivity index (χ1n) is 6.31. The number of halogens is 1. The van der Waals surface area contributed by atoms with Gasteiger partial charge in [0.05, 0.1) is 5.69 Å². The molecule has 0 aliphatic heterocycles. The normalized spacial score (nSPS) is 10.5. The quantitative estimate of drug-likeness (QED) is 0.899. The third-order valence-electron chi connectivity index (χ3n) is 2.81. The van der Waals surface area contributed by atoms with Crippen LogP contribution in [0.3, 0.4) is 0 Å². The monoisotopic (exact) mass is 276 g/mol. The molecule has 1 heterocycles. The molecular formula is C14H17ClN4. The number of nitrogen functional groups attached to an aromatic ring is 1. The number of aromatic nitrogens is 2. The zero-order chi connectivity index (χ0) is 13.8. The second-order valence-electron chi connectivity index (χ2n) is 4.14. The highest BCUT2D eigenvalue weighted by Crippen LogP contribution is 2.31. The molecule has 1 aromatic carbocycles. The molecule has 0 amide bonds. The van der Waals surface area contributed by atoms with Gasteiger partial charge >= 0.3 is 0 Å². The van der Waals surface area contributed by atoms with Crippen molar-refractivity contribution in [2.75, 3.05) is 17.6 Å². The summed E-state index contributed by atoms with van der Waals surface area (Å²) >= 11 is 5.93. The van der Waals surface area contributed by atoms with Crippen LogP contribution in [-0.2, 0) is 6.42 Å². The molecule has 2 rings (SSSR count). The van der Waals surface area contributed by atoms with Crippen molar-refractivity contribution in [3.8, 4) is 11.1 Å². The molecule has 3 N–H and O–H groups in total. The molecule has 4 nitrogen and oxygen atoms in total. The highest BCUT2D eigenvalue weighted by molar-refractivity contribution is 6.30. The van der Waals surface area contributed by atoms with E-state index in [4.69, 9.17) is 17.3 Å². The Morgan fingerprint density at radius 3 is 2.42 bits per heavy atom. The predicted octanol–water partition coefficient (Wildman–Crippen LogP) is 3.37. The Labute approximate surface area is 118 Å². The number of anilines is 2. The summed E-state index contributed by atoms with van der Waals surface area (Å²) in [4.78, 5) is 8.62. The Kier molecular flexibility index (Phi) is 4.22. The van der Waals surface area contributed by atoms with Gasteiger partial charge in [-0.1, -0.05) is 30.7 Å². The number of nitrogens with zero attached hydrogens (tertiary/aromatic N) is 2. The van der Waals surface area contributed by atoms with Crippen molar-refractivity contribution in [1.29, 1.82) is 0 Å². The van der Waals surface area contributed by atoms with E-state index in [1.807, 2.05) is 31.2 Å². The van der Waals surface area contributed by atoms with Crippen LogP contribution >= 0.6 is 11.6 Å². The largest absolute Gasteiger partial charge is 0.370 e. The van der Waals surface area contributed by atoms with E-state index >= 15 is 0 Å². The van der Waals surface area contributed by atoms with Crippen LogP contribution in [0.15, 0.2) is 24.3 Å². The minimum absolute atomic E-state index is 0.297. The third kappa shape index (κ3) is 2.96. The van der Waals surface area contributed by atoms with E-state index in [1.54, 1.807) is 0 Å². The minimum atomic E-state index is 0.297. The van der Waals surface area contributed by atoms with Gasteiger partial charge in [0.1, 0.15) is 5.82 Å². The van der Waals surface area contributed by atoms with Crippen LogP contribution in [0.4, 0.5) is 11.8 Å². The summed E-state index contributed by atoms with van der Waals surface area (Å²) in [6, 6.07) is 7.67. The van der Waals surface area contributed by atoms with E-state index in [-0.39, 0.29) is 0 Å². The van der Waals surface area contributed by atoms with Crippen LogP contribution in [0.5, 0.6) is 0 Å². The van der Waals surface area contributed by atoms with Crippen molar-refractivity contribution in [3.63, 3.8) is 0 Å². The molecule has 0 saturated heterocycles. The fourth-order valence-electron chi connectivity index (χ4n) is 2.00. The predicted molar refractivity (Wildman–Crippen MR) is 80.4 cm³/mol. The van der Waals surface area contributed by atoms with Crippen LogP contribution < -0.4 is 11.1 Å². The van der Waals surface area contributed by atoms with Gasteiger partial charge in [0.25, 0.3) is 0 Å². The summed E-state index contributed by atoms with van der Waals surface area (Å²) in [6.07, 6.45) is 0.795. The molecule has 5 heteroatoms. The van der Waals surface area contributed by atoms with Crippen molar-refractivity contribution < 1.29 is 0 Å². The molecule has 1 aromatic heterocycles. The van der Waals surface area contributed by atoms with Crippen molar-refractivity contribution in [3.05, 3.63) is 35.0 Å². The van der Waals surface area contributed by atoms with Gasteiger partial charge < -0.3 is 11.1 Å². The Morgan fingerprint density at radius 1 is 1.16 bits per heavy atom. The number of nitrogens with one attached hydrogen (secondary N) is 1. The summed E-state index contributed by atoms with van der Waals surface area (Å²) in [7, 11) is 0. The van der Waals surface area contributed by atoms with Gasteiger partial charge in [0.15, 0.2) is 0 Å². The van der Waals surface area contributed by atoms with Crippen molar-refractivity contribution in [2.45, 2.75) is 20.3 Å². The van der Waals surface area contributed by atoms with Crippen LogP contribution in [-0.4, -0.2) is 16.5 Å². The average Bonchev–Trinajstić information content (AvgIpc) is 2.40. The Balaban J connectivity index is 2.61. The Bertz CT molecular complexity index is 566. The fraction of sp³-hybridized carbons (Fsp3) is 0.286. The van der Waals surface area contributed by atoms with E-state index in [0.29, 0.717) is 11.0 Å². The molecule has 0 atom stereocenters. The molecule has 100 valence electrons. The van der Waals surface area contributed by atoms with Gasteiger partial charge in [-0.15, -0.1) is 0 Å². The first-order chi connectivity index (χ1) is 9.15. The van der Waals surface area contributed by atoms with E-state index < -0.39 is 0 Å².